The molecule has 2 rings (SSSR count). The van der Waals surface area contributed by atoms with Crippen LogP contribution in [0.5, 0.6) is 5.75 Å². The second kappa shape index (κ2) is 7.61. The highest BCUT2D eigenvalue weighted by Gasteiger charge is 2.09. The molecule has 2 aromatic rings. The molecule has 0 aliphatic heterocycles. The van der Waals surface area contributed by atoms with Crippen LogP contribution in [-0.4, -0.2) is 35.1 Å². The molecule has 0 spiro atoms. The third kappa shape index (κ3) is 3.86. The van der Waals surface area contributed by atoms with Gasteiger partial charge < -0.3 is 9.64 Å². The lowest BCUT2D eigenvalue weighted by Gasteiger charge is -2.17. The molecule has 4 nitrogen and oxygen atoms in total. The lowest BCUT2D eigenvalue weighted by molar-refractivity contribution is 0.294. The van der Waals surface area contributed by atoms with Gasteiger partial charge in [-0.1, -0.05) is 25.4 Å². The summed E-state index contributed by atoms with van der Waals surface area (Å²) in [6, 6.07) is 5.71. The zero-order valence-corrected chi connectivity index (χ0v) is 13.9. The zero-order valence-electron chi connectivity index (χ0n) is 13.1. The van der Waals surface area contributed by atoms with Crippen LogP contribution in [0.4, 0.5) is 0 Å². The fraction of sp³-hybridized carbons (Fsp3) is 0.562. The van der Waals surface area contributed by atoms with E-state index >= 15 is 0 Å². The summed E-state index contributed by atoms with van der Waals surface area (Å²) in [5.74, 6) is 0.835. The van der Waals surface area contributed by atoms with Gasteiger partial charge in [0.25, 0.3) is 5.56 Å². The van der Waals surface area contributed by atoms with Crippen LogP contribution in [0.2, 0.25) is 0 Å². The Morgan fingerprint density at radius 2 is 2.00 bits per heavy atom. The van der Waals surface area contributed by atoms with Crippen LogP contribution in [0.1, 0.15) is 27.2 Å². The van der Waals surface area contributed by atoms with E-state index in [2.05, 4.69) is 18.7 Å². The van der Waals surface area contributed by atoms with Crippen molar-refractivity contribution in [2.45, 2.75) is 33.7 Å². The van der Waals surface area contributed by atoms with Crippen LogP contribution in [0.15, 0.2) is 23.0 Å². The van der Waals surface area contributed by atoms with Crippen molar-refractivity contribution in [1.29, 1.82) is 0 Å². The first-order valence-electron chi connectivity index (χ1n) is 7.68. The topological polar surface area (TPSA) is 34.5 Å². The van der Waals surface area contributed by atoms with Crippen molar-refractivity contribution in [3.63, 3.8) is 0 Å². The Labute approximate surface area is 130 Å². The number of aryl methyl sites for hydroxylation is 1. The zero-order chi connectivity index (χ0) is 15.2. The smallest absolute Gasteiger partial charge is 0.268 e. The van der Waals surface area contributed by atoms with Crippen molar-refractivity contribution >= 4 is 21.6 Å². The van der Waals surface area contributed by atoms with Gasteiger partial charge in [0, 0.05) is 6.54 Å². The van der Waals surface area contributed by atoms with Gasteiger partial charge in [-0.2, -0.15) is 0 Å². The molecule has 0 aliphatic rings. The normalized spacial score (nSPS) is 11.4. The summed E-state index contributed by atoms with van der Waals surface area (Å²) in [7, 11) is 0. The molecule has 21 heavy (non-hydrogen) atoms. The number of hydrogen-bond donors (Lipinski definition) is 0. The molecule has 0 atom stereocenters. The molecule has 0 saturated carbocycles. The Balaban J connectivity index is 2.10. The molecule has 0 N–H and O–H groups in total. The number of ether oxygens (including phenoxy) is 1. The summed E-state index contributed by atoms with van der Waals surface area (Å²) in [5.41, 5.74) is 0.123. The van der Waals surface area contributed by atoms with E-state index in [9.17, 15) is 4.79 Å². The first kappa shape index (κ1) is 16.0. The van der Waals surface area contributed by atoms with Gasteiger partial charge in [-0.3, -0.25) is 8.75 Å². The molecule has 0 aliphatic carbocycles. The Morgan fingerprint density at radius 1 is 1.24 bits per heavy atom. The number of fused-ring (bicyclic) bond motifs is 1. The Bertz CT molecular complexity index is 629. The quantitative estimate of drug-likeness (QED) is 0.751. The maximum Gasteiger partial charge on any atom is 0.268 e. The lowest BCUT2D eigenvalue weighted by atomic mass is 10.2. The molecule has 0 radical (unpaired) electrons. The minimum atomic E-state index is 0.123. The van der Waals surface area contributed by atoms with E-state index in [1.165, 1.54) is 11.5 Å². The van der Waals surface area contributed by atoms with Crippen LogP contribution in [0, 0.1) is 0 Å². The molecule has 0 bridgehead atoms. The SMILES string of the molecule is CCOc1ccc2c(=O)n(CCCN(CC)CC)sc2c1. The van der Waals surface area contributed by atoms with Crippen molar-refractivity contribution in [3.8, 4) is 5.75 Å². The third-order valence-corrected chi connectivity index (χ3v) is 4.76. The molecule has 1 aromatic carbocycles. The average molecular weight is 308 g/mol. The van der Waals surface area contributed by atoms with Gasteiger partial charge in [-0.05, 0) is 51.2 Å². The fourth-order valence-electron chi connectivity index (χ4n) is 2.43. The summed E-state index contributed by atoms with van der Waals surface area (Å²) in [6.45, 7) is 10.9. The minimum absolute atomic E-state index is 0.123. The molecular formula is C16H24N2O2S. The van der Waals surface area contributed by atoms with Crippen LogP contribution < -0.4 is 10.3 Å². The summed E-state index contributed by atoms with van der Waals surface area (Å²) in [5, 5.41) is 0.797. The predicted molar refractivity (Wildman–Crippen MR) is 89.7 cm³/mol. The van der Waals surface area contributed by atoms with Gasteiger partial charge in [0.05, 0.1) is 16.7 Å². The first-order chi connectivity index (χ1) is 10.2. The molecular weight excluding hydrogens is 284 g/mol. The maximum atomic E-state index is 12.3. The van der Waals surface area contributed by atoms with Crippen molar-refractivity contribution in [3.05, 3.63) is 28.6 Å². The Kier molecular flexibility index (Phi) is 5.82. The predicted octanol–water partition coefficient (Wildman–Crippen LogP) is 3.19. The van der Waals surface area contributed by atoms with Crippen LogP contribution in [0.25, 0.3) is 10.1 Å². The van der Waals surface area contributed by atoms with Crippen molar-refractivity contribution in [2.24, 2.45) is 0 Å². The number of nitrogens with zero attached hydrogens (tertiary/aromatic N) is 2. The summed E-state index contributed by atoms with van der Waals surface area (Å²) in [6.07, 6.45) is 1.01. The second-order valence-corrected chi connectivity index (χ2v) is 6.03. The molecule has 0 unspecified atom stereocenters. The molecule has 0 saturated heterocycles. The summed E-state index contributed by atoms with van der Waals surface area (Å²) < 4.78 is 8.37. The number of hydrogen-bond acceptors (Lipinski definition) is 4. The van der Waals surface area contributed by atoms with Crippen LogP contribution in [0.3, 0.4) is 0 Å². The molecule has 5 heteroatoms. The number of benzene rings is 1. The number of rotatable bonds is 8. The first-order valence-corrected chi connectivity index (χ1v) is 8.45. The fourth-order valence-corrected chi connectivity index (χ4v) is 3.49. The van der Waals surface area contributed by atoms with Gasteiger partial charge in [0.15, 0.2) is 0 Å². The third-order valence-electron chi connectivity index (χ3n) is 3.66. The molecule has 116 valence electrons. The molecule has 1 heterocycles. The lowest BCUT2D eigenvalue weighted by Crippen LogP contribution is -2.25. The monoisotopic (exact) mass is 308 g/mol. The van der Waals surface area contributed by atoms with Gasteiger partial charge in [0.1, 0.15) is 5.75 Å². The average Bonchev–Trinajstić information content (AvgIpc) is 2.80. The molecule has 0 fully saturated rings. The molecule has 1 aromatic heterocycles. The highest BCUT2D eigenvalue weighted by molar-refractivity contribution is 7.13. The van der Waals surface area contributed by atoms with E-state index < -0.39 is 0 Å². The van der Waals surface area contributed by atoms with Gasteiger partial charge in [-0.25, -0.2) is 0 Å². The highest BCUT2D eigenvalue weighted by atomic mass is 32.1. The van der Waals surface area contributed by atoms with Crippen LogP contribution in [-0.2, 0) is 6.54 Å². The van der Waals surface area contributed by atoms with E-state index in [-0.39, 0.29) is 5.56 Å². The summed E-state index contributed by atoms with van der Waals surface area (Å²) >= 11 is 1.54. The Hall–Kier alpha value is -1.33. The molecule has 0 amide bonds. The largest absolute Gasteiger partial charge is 0.494 e. The minimum Gasteiger partial charge on any atom is -0.494 e. The van der Waals surface area contributed by atoms with E-state index in [0.717, 1.165) is 48.4 Å². The van der Waals surface area contributed by atoms with Gasteiger partial charge in [-0.15, -0.1) is 0 Å². The van der Waals surface area contributed by atoms with Gasteiger partial charge in [0.2, 0.25) is 0 Å². The van der Waals surface area contributed by atoms with Gasteiger partial charge >= 0.3 is 0 Å². The van der Waals surface area contributed by atoms with E-state index in [4.69, 9.17) is 4.74 Å². The van der Waals surface area contributed by atoms with E-state index in [1.54, 1.807) is 0 Å². The van der Waals surface area contributed by atoms with E-state index in [0.29, 0.717) is 6.61 Å². The maximum absolute atomic E-state index is 12.3. The standard InChI is InChI=1S/C16H24N2O2S/c1-4-17(5-2)10-7-11-18-16(19)14-9-8-13(20-6-3)12-15(14)21-18/h8-9,12H,4-7,10-11H2,1-3H3. The van der Waals surface area contributed by atoms with Crippen molar-refractivity contribution < 1.29 is 4.74 Å². The van der Waals surface area contributed by atoms with Crippen LogP contribution >= 0.6 is 11.5 Å². The highest BCUT2D eigenvalue weighted by Crippen LogP contribution is 2.23. The second-order valence-electron chi connectivity index (χ2n) is 4.97. The summed E-state index contributed by atoms with van der Waals surface area (Å²) in [4.78, 5) is 14.7. The van der Waals surface area contributed by atoms with Crippen molar-refractivity contribution in [1.82, 2.24) is 8.86 Å². The number of aromatic nitrogens is 1. The Morgan fingerprint density at radius 3 is 2.67 bits per heavy atom. The van der Waals surface area contributed by atoms with E-state index in [1.807, 2.05) is 29.1 Å². The van der Waals surface area contributed by atoms with Crippen molar-refractivity contribution in [2.75, 3.05) is 26.2 Å².